The summed E-state index contributed by atoms with van der Waals surface area (Å²) in [5.41, 5.74) is 3.90. The number of hydrogen-bond donors (Lipinski definition) is 2. The molecule has 1 fully saturated rings. The summed E-state index contributed by atoms with van der Waals surface area (Å²) < 4.78 is 39.4. The average Bonchev–Trinajstić information content (AvgIpc) is 2.92. The molecule has 1 saturated carbocycles. The lowest BCUT2D eigenvalue weighted by atomic mass is 10.1. The van der Waals surface area contributed by atoms with Crippen molar-refractivity contribution in [3.05, 3.63) is 18.0 Å². The Labute approximate surface area is 101 Å². The maximum Gasteiger partial charge on any atom is 0.411 e. The van der Waals surface area contributed by atoms with Gasteiger partial charge in [0, 0.05) is 18.8 Å². The van der Waals surface area contributed by atoms with E-state index in [1.807, 2.05) is 5.32 Å². The predicted octanol–water partition coefficient (Wildman–Crippen LogP) is 0.631. The second-order valence-corrected chi connectivity index (χ2v) is 4.49. The van der Waals surface area contributed by atoms with Crippen LogP contribution in [0.1, 0.15) is 24.4 Å². The molecule has 1 aliphatic carbocycles. The molecule has 0 bridgehead atoms. The first kappa shape index (κ1) is 12.9. The molecule has 0 aliphatic heterocycles. The quantitative estimate of drug-likeness (QED) is 0.839. The van der Waals surface area contributed by atoms with Crippen molar-refractivity contribution in [2.75, 3.05) is 0 Å². The monoisotopic (exact) mass is 262 g/mol. The summed E-state index contributed by atoms with van der Waals surface area (Å²) >= 11 is 0. The fraction of sp³-hybridized carbons (Fsp3) is 0.600. The molecular formula is C10H13F3N4O. The van der Waals surface area contributed by atoms with Crippen LogP contribution in [0.25, 0.3) is 0 Å². The van der Waals surface area contributed by atoms with E-state index in [0.29, 0.717) is 5.56 Å². The van der Waals surface area contributed by atoms with Gasteiger partial charge in [0.2, 0.25) is 5.91 Å². The highest BCUT2D eigenvalue weighted by Crippen LogP contribution is 2.49. The van der Waals surface area contributed by atoms with Gasteiger partial charge in [-0.1, -0.05) is 0 Å². The Morgan fingerprint density at radius 1 is 1.61 bits per heavy atom. The minimum atomic E-state index is -4.43. The summed E-state index contributed by atoms with van der Waals surface area (Å²) in [5, 5.41) is 5.80. The van der Waals surface area contributed by atoms with Crippen molar-refractivity contribution in [3.63, 3.8) is 0 Å². The van der Waals surface area contributed by atoms with Crippen LogP contribution in [0.2, 0.25) is 0 Å². The first-order valence-electron chi connectivity index (χ1n) is 5.38. The molecule has 0 saturated heterocycles. The summed E-state index contributed by atoms with van der Waals surface area (Å²) in [7, 11) is 1.63. The average molecular weight is 262 g/mol. The highest BCUT2D eigenvalue weighted by Gasteiger charge is 2.64. The highest BCUT2D eigenvalue weighted by molar-refractivity contribution is 5.84. The second kappa shape index (κ2) is 3.98. The van der Waals surface area contributed by atoms with E-state index < -0.39 is 23.7 Å². The summed E-state index contributed by atoms with van der Waals surface area (Å²) in [6.07, 6.45) is -1.77. The zero-order valence-electron chi connectivity index (χ0n) is 9.66. The molecule has 5 nitrogen and oxygen atoms in total. The van der Waals surface area contributed by atoms with Crippen LogP contribution >= 0.6 is 0 Å². The van der Waals surface area contributed by atoms with Crippen molar-refractivity contribution >= 4 is 5.91 Å². The lowest BCUT2D eigenvalue weighted by Crippen LogP contribution is -2.50. The summed E-state index contributed by atoms with van der Waals surface area (Å²) in [6.45, 7) is 0. The molecule has 0 aromatic carbocycles. The van der Waals surface area contributed by atoms with E-state index in [-0.39, 0.29) is 12.8 Å². The van der Waals surface area contributed by atoms with Crippen molar-refractivity contribution in [3.8, 4) is 0 Å². The molecule has 1 aromatic rings. The Morgan fingerprint density at radius 3 is 2.61 bits per heavy atom. The van der Waals surface area contributed by atoms with E-state index >= 15 is 0 Å². The van der Waals surface area contributed by atoms with Crippen molar-refractivity contribution < 1.29 is 18.0 Å². The van der Waals surface area contributed by atoms with Crippen molar-refractivity contribution in [2.24, 2.45) is 12.8 Å². The fourth-order valence-electron chi connectivity index (χ4n) is 1.67. The predicted molar refractivity (Wildman–Crippen MR) is 56.3 cm³/mol. The van der Waals surface area contributed by atoms with Gasteiger partial charge in [-0.2, -0.15) is 18.3 Å². The molecule has 2 rings (SSSR count). The standard InChI is InChI=1S/C10H13F3N4O/c1-17-5-6(4-15-17)7(14)8(18)16-9(2-3-9)10(11,12)13/h4-5,7H,2-3,14H2,1H3,(H,16,18). The number of nitrogens with one attached hydrogen (secondary N) is 1. The van der Waals surface area contributed by atoms with E-state index in [9.17, 15) is 18.0 Å². The number of halogens is 3. The van der Waals surface area contributed by atoms with Gasteiger partial charge in [0.05, 0.1) is 6.20 Å². The van der Waals surface area contributed by atoms with Crippen LogP contribution in [0, 0.1) is 0 Å². The summed E-state index contributed by atoms with van der Waals surface area (Å²) in [5.74, 6) is -0.835. The topological polar surface area (TPSA) is 72.9 Å². The maximum atomic E-state index is 12.7. The van der Waals surface area contributed by atoms with E-state index in [0.717, 1.165) is 0 Å². The van der Waals surface area contributed by atoms with Gasteiger partial charge in [0.15, 0.2) is 0 Å². The summed E-state index contributed by atoms with van der Waals surface area (Å²) in [6, 6.07) is -1.14. The Balaban J connectivity index is 2.05. The van der Waals surface area contributed by atoms with E-state index in [4.69, 9.17) is 5.73 Å². The number of aryl methyl sites for hydroxylation is 1. The Morgan fingerprint density at radius 2 is 2.22 bits per heavy atom. The zero-order chi connectivity index (χ0) is 13.6. The third kappa shape index (κ3) is 2.20. The number of alkyl halides is 3. The van der Waals surface area contributed by atoms with Crippen LogP contribution in [-0.4, -0.2) is 27.4 Å². The molecule has 1 atom stereocenters. The Hall–Kier alpha value is -1.57. The van der Waals surface area contributed by atoms with Crippen LogP contribution in [0.15, 0.2) is 12.4 Å². The number of nitrogens with zero attached hydrogens (tertiary/aromatic N) is 2. The second-order valence-electron chi connectivity index (χ2n) is 4.49. The van der Waals surface area contributed by atoms with Crippen LogP contribution in [0.5, 0.6) is 0 Å². The first-order chi connectivity index (χ1) is 8.25. The van der Waals surface area contributed by atoms with Crippen LogP contribution in [0.3, 0.4) is 0 Å². The maximum absolute atomic E-state index is 12.7. The van der Waals surface area contributed by atoms with Gasteiger partial charge in [-0.25, -0.2) is 0 Å². The number of nitrogens with two attached hydrogens (primary N) is 1. The highest BCUT2D eigenvalue weighted by atomic mass is 19.4. The molecule has 3 N–H and O–H groups in total. The van der Waals surface area contributed by atoms with Gasteiger partial charge < -0.3 is 11.1 Å². The number of amides is 1. The minimum Gasteiger partial charge on any atom is -0.340 e. The third-order valence-corrected chi connectivity index (χ3v) is 3.02. The van der Waals surface area contributed by atoms with Gasteiger partial charge in [0.1, 0.15) is 11.6 Å². The molecular weight excluding hydrogens is 249 g/mol. The smallest absolute Gasteiger partial charge is 0.340 e. The molecule has 1 amide bonds. The minimum absolute atomic E-state index is 0.0952. The molecule has 1 aliphatic rings. The first-order valence-corrected chi connectivity index (χ1v) is 5.38. The van der Waals surface area contributed by atoms with Gasteiger partial charge in [-0.3, -0.25) is 9.48 Å². The Bertz CT molecular complexity index is 464. The van der Waals surface area contributed by atoms with E-state index in [2.05, 4.69) is 5.10 Å². The van der Waals surface area contributed by atoms with Crippen molar-refractivity contribution in [1.29, 1.82) is 0 Å². The lowest BCUT2D eigenvalue weighted by molar-refractivity contribution is -0.170. The van der Waals surface area contributed by atoms with E-state index in [1.54, 1.807) is 7.05 Å². The van der Waals surface area contributed by atoms with Gasteiger partial charge in [0.25, 0.3) is 0 Å². The fourth-order valence-corrected chi connectivity index (χ4v) is 1.67. The normalized spacial score (nSPS) is 19.4. The molecule has 1 unspecified atom stereocenters. The number of carbonyl (C=O) groups excluding carboxylic acids is 1. The SMILES string of the molecule is Cn1cc(C(N)C(=O)NC2(C(F)(F)F)CC2)cn1. The molecule has 1 aromatic heterocycles. The van der Waals surface area contributed by atoms with Gasteiger partial charge in [-0.15, -0.1) is 0 Å². The number of hydrogen-bond acceptors (Lipinski definition) is 3. The van der Waals surface area contributed by atoms with Crippen LogP contribution < -0.4 is 11.1 Å². The zero-order valence-corrected chi connectivity index (χ0v) is 9.66. The number of carbonyl (C=O) groups is 1. The number of rotatable bonds is 3. The molecule has 8 heteroatoms. The molecule has 0 spiro atoms. The van der Waals surface area contributed by atoms with E-state index in [1.165, 1.54) is 17.1 Å². The third-order valence-electron chi connectivity index (χ3n) is 3.02. The summed E-state index contributed by atoms with van der Waals surface area (Å²) in [4.78, 5) is 11.7. The lowest BCUT2D eigenvalue weighted by Gasteiger charge is -2.22. The van der Waals surface area contributed by atoms with Crippen molar-refractivity contribution in [1.82, 2.24) is 15.1 Å². The molecule has 100 valence electrons. The van der Waals surface area contributed by atoms with Crippen LogP contribution in [0.4, 0.5) is 13.2 Å². The molecule has 0 radical (unpaired) electrons. The van der Waals surface area contributed by atoms with Gasteiger partial charge >= 0.3 is 6.18 Å². The van der Waals surface area contributed by atoms with Crippen molar-refractivity contribution in [2.45, 2.75) is 30.6 Å². The van der Waals surface area contributed by atoms with Crippen LogP contribution in [-0.2, 0) is 11.8 Å². The number of aromatic nitrogens is 2. The molecule has 1 heterocycles. The Kier molecular flexibility index (Phi) is 2.84. The molecule has 18 heavy (non-hydrogen) atoms. The van der Waals surface area contributed by atoms with Gasteiger partial charge in [-0.05, 0) is 12.8 Å². The largest absolute Gasteiger partial charge is 0.411 e.